The number of likely N-dealkylation sites (N-methyl/N-ethyl adjacent to an activating group) is 1. The standard InChI is InChI=1S/C23H44N3O11P/c1-9-11-32-22(29)34-13-18(15(3)4)36-38(31,25-21(24)26(8)17(7)20(27)28)37-19(16(5)6)14-35-23(30)33-12-10-2/h15-19H,9-14H2,1-8H3,(H,27,28)(H2,24,25,31). The summed E-state index contributed by atoms with van der Waals surface area (Å²) in [6, 6.07) is -1.14. The fourth-order valence-electron chi connectivity index (χ4n) is 2.45. The van der Waals surface area contributed by atoms with Gasteiger partial charge < -0.3 is 29.0 Å². The molecule has 0 aromatic heterocycles. The fourth-order valence-corrected chi connectivity index (χ4v) is 4.34. The van der Waals surface area contributed by atoms with Gasteiger partial charge in [0.05, 0.1) is 13.2 Å². The number of carboxylic acid groups (broad SMARTS) is 1. The highest BCUT2D eigenvalue weighted by Crippen LogP contribution is 2.48. The van der Waals surface area contributed by atoms with E-state index in [1.165, 1.54) is 14.0 Å². The van der Waals surface area contributed by atoms with E-state index in [4.69, 9.17) is 33.4 Å². The second-order valence-electron chi connectivity index (χ2n) is 9.18. The van der Waals surface area contributed by atoms with Gasteiger partial charge in [0.25, 0.3) is 0 Å². The normalized spacial score (nSPS) is 15.1. The number of carboxylic acids is 1. The average Bonchev–Trinajstić information content (AvgIpc) is 2.84. The molecule has 0 rings (SSSR count). The summed E-state index contributed by atoms with van der Waals surface area (Å²) in [4.78, 5) is 36.0. The second-order valence-corrected chi connectivity index (χ2v) is 10.8. The fraction of sp³-hybridized carbons (Fsp3) is 0.826. The van der Waals surface area contributed by atoms with Gasteiger partial charge in [-0.25, -0.2) is 18.9 Å². The van der Waals surface area contributed by atoms with Crippen molar-refractivity contribution in [2.24, 2.45) is 11.8 Å². The van der Waals surface area contributed by atoms with Gasteiger partial charge in [-0.3, -0.25) is 19.5 Å². The number of hydrogen-bond acceptors (Lipinski definition) is 11. The maximum atomic E-state index is 14.0. The molecule has 0 aliphatic heterocycles. The van der Waals surface area contributed by atoms with Gasteiger partial charge in [0.1, 0.15) is 31.5 Å². The van der Waals surface area contributed by atoms with Crippen molar-refractivity contribution in [2.45, 2.75) is 79.6 Å². The van der Waals surface area contributed by atoms with Crippen molar-refractivity contribution in [1.82, 2.24) is 9.99 Å². The number of carbonyl (C=O) groups is 3. The predicted molar refractivity (Wildman–Crippen MR) is 138 cm³/mol. The topological polar surface area (TPSA) is 183 Å². The number of hydrogen-bond donors (Lipinski definition) is 3. The number of ether oxygens (including phenoxy) is 4. The first-order chi connectivity index (χ1) is 17.7. The van der Waals surface area contributed by atoms with Gasteiger partial charge in [-0.15, -0.1) is 0 Å². The zero-order valence-corrected chi connectivity index (χ0v) is 24.4. The van der Waals surface area contributed by atoms with Crippen LogP contribution in [0.4, 0.5) is 9.59 Å². The summed E-state index contributed by atoms with van der Waals surface area (Å²) in [7, 11) is -3.14. The molecular weight excluding hydrogens is 525 g/mol. The molecule has 0 fully saturated rings. The summed E-state index contributed by atoms with van der Waals surface area (Å²) in [6.07, 6.45) is -2.60. The Morgan fingerprint density at radius 3 is 1.55 bits per heavy atom. The van der Waals surface area contributed by atoms with Crippen LogP contribution in [0.5, 0.6) is 0 Å². The van der Waals surface area contributed by atoms with Crippen LogP contribution in [-0.2, 0) is 37.4 Å². The number of rotatable bonds is 17. The maximum Gasteiger partial charge on any atom is 0.508 e. The third-order valence-electron chi connectivity index (χ3n) is 5.15. The molecule has 38 heavy (non-hydrogen) atoms. The first-order valence-electron chi connectivity index (χ1n) is 12.6. The van der Waals surface area contributed by atoms with Crippen LogP contribution in [0.25, 0.3) is 0 Å². The third kappa shape index (κ3) is 13.8. The molecule has 0 spiro atoms. The van der Waals surface area contributed by atoms with Crippen molar-refractivity contribution in [3.05, 3.63) is 0 Å². The van der Waals surface area contributed by atoms with Crippen molar-refractivity contribution in [3.63, 3.8) is 0 Å². The Hall–Kier alpha value is -2.57. The van der Waals surface area contributed by atoms with Crippen LogP contribution in [0.2, 0.25) is 0 Å². The Labute approximate surface area is 224 Å². The minimum atomic E-state index is -4.45. The zero-order chi connectivity index (χ0) is 29.5. The molecule has 0 aliphatic carbocycles. The molecule has 0 saturated carbocycles. The highest BCUT2D eigenvalue weighted by molar-refractivity contribution is 7.52. The quantitative estimate of drug-likeness (QED) is 0.0979. The van der Waals surface area contributed by atoms with Crippen LogP contribution < -0.4 is 5.09 Å². The van der Waals surface area contributed by atoms with Gasteiger partial charge in [-0.05, 0) is 31.6 Å². The minimum Gasteiger partial charge on any atom is -0.480 e. The number of carbonyl (C=O) groups excluding carboxylic acids is 2. The van der Waals surface area contributed by atoms with E-state index >= 15 is 0 Å². The second kappa shape index (κ2) is 17.8. The van der Waals surface area contributed by atoms with Gasteiger partial charge in [0.2, 0.25) is 5.96 Å². The van der Waals surface area contributed by atoms with Crippen molar-refractivity contribution in [3.8, 4) is 0 Å². The molecule has 0 heterocycles. The van der Waals surface area contributed by atoms with Crippen LogP contribution in [0.15, 0.2) is 0 Å². The molecule has 3 unspecified atom stereocenters. The first-order valence-corrected chi connectivity index (χ1v) is 14.1. The monoisotopic (exact) mass is 569 g/mol. The molecule has 3 atom stereocenters. The highest BCUT2D eigenvalue weighted by atomic mass is 31.2. The van der Waals surface area contributed by atoms with Crippen molar-refractivity contribution in [1.29, 1.82) is 5.41 Å². The minimum absolute atomic E-state index is 0.164. The summed E-state index contributed by atoms with van der Waals surface area (Å²) < 4.78 is 45.5. The molecule has 0 radical (unpaired) electrons. The predicted octanol–water partition coefficient (Wildman–Crippen LogP) is 4.23. The van der Waals surface area contributed by atoms with Gasteiger partial charge in [0, 0.05) is 7.05 Å². The Morgan fingerprint density at radius 2 is 1.24 bits per heavy atom. The van der Waals surface area contributed by atoms with E-state index in [2.05, 4.69) is 5.09 Å². The van der Waals surface area contributed by atoms with Crippen LogP contribution in [0.3, 0.4) is 0 Å². The van der Waals surface area contributed by atoms with Crippen molar-refractivity contribution < 1.29 is 52.1 Å². The Morgan fingerprint density at radius 1 is 0.842 bits per heavy atom. The molecule has 14 nitrogen and oxygen atoms in total. The maximum absolute atomic E-state index is 14.0. The van der Waals surface area contributed by atoms with E-state index in [9.17, 15) is 24.1 Å². The smallest absolute Gasteiger partial charge is 0.480 e. The number of nitrogens with one attached hydrogen (secondary N) is 2. The number of aliphatic carboxylic acids is 1. The molecule has 15 heteroatoms. The Bertz CT molecular complexity index is 767. The van der Waals surface area contributed by atoms with E-state index < -0.39 is 50.2 Å². The van der Waals surface area contributed by atoms with Crippen LogP contribution >= 0.6 is 7.75 Å². The zero-order valence-electron chi connectivity index (χ0n) is 23.6. The molecule has 3 N–H and O–H groups in total. The third-order valence-corrected chi connectivity index (χ3v) is 6.73. The average molecular weight is 570 g/mol. The summed E-state index contributed by atoms with van der Waals surface area (Å²) >= 11 is 0. The van der Waals surface area contributed by atoms with E-state index in [0.29, 0.717) is 12.8 Å². The van der Waals surface area contributed by atoms with Gasteiger partial charge in [-0.2, -0.15) is 0 Å². The lowest BCUT2D eigenvalue weighted by Crippen LogP contribution is -2.46. The van der Waals surface area contributed by atoms with Gasteiger partial charge in [-0.1, -0.05) is 41.5 Å². The molecule has 0 saturated heterocycles. The summed E-state index contributed by atoms with van der Waals surface area (Å²) in [5.41, 5.74) is 0. The van der Waals surface area contributed by atoms with Crippen LogP contribution in [0, 0.1) is 17.2 Å². The summed E-state index contributed by atoms with van der Waals surface area (Å²) in [6.45, 7) is 11.5. The summed E-state index contributed by atoms with van der Waals surface area (Å²) in [5, 5.41) is 19.9. The number of guanidine groups is 1. The number of nitrogens with zero attached hydrogens (tertiary/aromatic N) is 1. The molecule has 222 valence electrons. The first kappa shape index (κ1) is 35.4. The lowest BCUT2D eigenvalue weighted by Gasteiger charge is -2.33. The Kier molecular flexibility index (Phi) is 16.6. The molecule has 0 aliphatic rings. The van der Waals surface area contributed by atoms with E-state index in [-0.39, 0.29) is 38.3 Å². The molecule has 0 bridgehead atoms. The highest BCUT2D eigenvalue weighted by Gasteiger charge is 2.38. The van der Waals surface area contributed by atoms with Gasteiger partial charge >= 0.3 is 26.0 Å². The van der Waals surface area contributed by atoms with Crippen molar-refractivity contribution >= 4 is 32.0 Å². The Balaban J connectivity index is 5.87. The van der Waals surface area contributed by atoms with E-state index in [1.54, 1.807) is 27.7 Å². The lowest BCUT2D eigenvalue weighted by molar-refractivity contribution is -0.140. The lowest BCUT2D eigenvalue weighted by atomic mass is 10.1. The van der Waals surface area contributed by atoms with Crippen molar-refractivity contribution in [2.75, 3.05) is 33.5 Å². The van der Waals surface area contributed by atoms with E-state index in [0.717, 1.165) is 4.90 Å². The molecule has 0 aromatic rings. The van der Waals surface area contributed by atoms with Gasteiger partial charge in [0.15, 0.2) is 0 Å². The molecule has 0 aromatic carbocycles. The van der Waals surface area contributed by atoms with E-state index in [1.807, 2.05) is 13.8 Å². The molecular formula is C23H44N3O11P. The molecule has 0 amide bonds. The largest absolute Gasteiger partial charge is 0.508 e. The van der Waals surface area contributed by atoms with Crippen LogP contribution in [0.1, 0.15) is 61.3 Å². The van der Waals surface area contributed by atoms with Crippen LogP contribution in [-0.4, -0.2) is 86.0 Å². The SMILES string of the molecule is CCCOC(=O)OCC(OP(=O)(NC(=N)N(C)C(C)C(=O)O)OC(COC(=O)OCCC)C(C)C)C(C)C. The summed E-state index contributed by atoms with van der Waals surface area (Å²) in [5.74, 6) is -2.45.